The van der Waals surface area contributed by atoms with Crippen LogP contribution in [-0.2, 0) is 7.05 Å². The predicted molar refractivity (Wildman–Crippen MR) is 113 cm³/mol. The molecular formula is C21H34N6. The van der Waals surface area contributed by atoms with Crippen LogP contribution in [0.15, 0.2) is 47.7 Å². The SMILES string of the molecule is CCNC(=NCC(c1cnn(C)c1)N(C)C)NC(C)C(C)c1ccccc1. The number of aromatic nitrogens is 2. The molecule has 0 saturated heterocycles. The van der Waals surface area contributed by atoms with Crippen LogP contribution >= 0.6 is 0 Å². The highest BCUT2D eigenvalue weighted by molar-refractivity contribution is 5.80. The van der Waals surface area contributed by atoms with E-state index in [9.17, 15) is 0 Å². The largest absolute Gasteiger partial charge is 0.357 e. The van der Waals surface area contributed by atoms with E-state index in [0.717, 1.165) is 12.5 Å². The molecule has 6 heteroatoms. The molecule has 6 nitrogen and oxygen atoms in total. The summed E-state index contributed by atoms with van der Waals surface area (Å²) in [7, 11) is 6.10. The number of guanidine groups is 1. The van der Waals surface area contributed by atoms with Gasteiger partial charge in [-0.2, -0.15) is 5.10 Å². The van der Waals surface area contributed by atoms with Crippen molar-refractivity contribution in [1.82, 2.24) is 25.3 Å². The minimum atomic E-state index is 0.191. The molecular weight excluding hydrogens is 336 g/mol. The van der Waals surface area contributed by atoms with Crippen molar-refractivity contribution in [3.8, 4) is 0 Å². The number of hydrogen-bond donors (Lipinski definition) is 2. The highest BCUT2D eigenvalue weighted by atomic mass is 15.3. The summed E-state index contributed by atoms with van der Waals surface area (Å²) in [5.41, 5.74) is 2.50. The third kappa shape index (κ3) is 6.10. The molecule has 27 heavy (non-hydrogen) atoms. The molecule has 1 aromatic carbocycles. The maximum atomic E-state index is 4.85. The molecule has 0 saturated carbocycles. The van der Waals surface area contributed by atoms with Gasteiger partial charge in [0.2, 0.25) is 0 Å². The maximum Gasteiger partial charge on any atom is 0.191 e. The second kappa shape index (κ2) is 10.1. The first-order valence-corrected chi connectivity index (χ1v) is 9.67. The van der Waals surface area contributed by atoms with Gasteiger partial charge in [0, 0.05) is 37.3 Å². The van der Waals surface area contributed by atoms with Crippen molar-refractivity contribution < 1.29 is 0 Å². The molecule has 2 N–H and O–H groups in total. The Labute approximate surface area is 163 Å². The van der Waals surface area contributed by atoms with Crippen molar-refractivity contribution in [3.05, 3.63) is 53.9 Å². The van der Waals surface area contributed by atoms with Gasteiger partial charge in [0.05, 0.1) is 18.8 Å². The second-order valence-electron chi connectivity index (χ2n) is 7.28. The van der Waals surface area contributed by atoms with Crippen LogP contribution < -0.4 is 10.6 Å². The normalized spacial score (nSPS) is 15.4. The van der Waals surface area contributed by atoms with Gasteiger partial charge in [-0.15, -0.1) is 0 Å². The van der Waals surface area contributed by atoms with Gasteiger partial charge in [-0.05, 0) is 33.5 Å². The molecule has 0 aliphatic heterocycles. The molecule has 2 rings (SSSR count). The Morgan fingerprint density at radius 1 is 1.19 bits per heavy atom. The molecule has 0 amide bonds. The average molecular weight is 371 g/mol. The Morgan fingerprint density at radius 3 is 2.44 bits per heavy atom. The molecule has 0 spiro atoms. The van der Waals surface area contributed by atoms with Crippen molar-refractivity contribution >= 4 is 5.96 Å². The lowest BCUT2D eigenvalue weighted by atomic mass is 9.94. The highest BCUT2D eigenvalue weighted by Crippen LogP contribution is 2.19. The first-order valence-electron chi connectivity index (χ1n) is 9.67. The van der Waals surface area contributed by atoms with Gasteiger partial charge in [0.1, 0.15) is 0 Å². The standard InChI is InChI=1S/C21H34N6/c1-7-22-21(25-17(3)16(2)18-11-9-8-10-12-18)23-14-20(26(4)5)19-13-24-27(6)15-19/h8-13,15-17,20H,7,14H2,1-6H3,(H2,22,23,25). The van der Waals surface area contributed by atoms with E-state index in [0.29, 0.717) is 12.5 Å². The number of aryl methyl sites for hydroxylation is 1. The zero-order valence-corrected chi connectivity index (χ0v) is 17.5. The highest BCUT2D eigenvalue weighted by Gasteiger charge is 2.18. The van der Waals surface area contributed by atoms with Crippen molar-refractivity contribution in [3.63, 3.8) is 0 Å². The lowest BCUT2D eigenvalue weighted by Crippen LogP contribution is -2.44. The van der Waals surface area contributed by atoms with Crippen molar-refractivity contribution in [1.29, 1.82) is 0 Å². The summed E-state index contributed by atoms with van der Waals surface area (Å²) in [5, 5.41) is 11.2. The Balaban J connectivity index is 2.08. The van der Waals surface area contributed by atoms with Gasteiger partial charge in [0.15, 0.2) is 5.96 Å². The minimum Gasteiger partial charge on any atom is -0.357 e. The lowest BCUT2D eigenvalue weighted by Gasteiger charge is -2.25. The van der Waals surface area contributed by atoms with E-state index in [4.69, 9.17) is 4.99 Å². The fraction of sp³-hybridized carbons (Fsp3) is 0.524. The summed E-state index contributed by atoms with van der Waals surface area (Å²) in [5.74, 6) is 1.24. The average Bonchev–Trinajstić information content (AvgIpc) is 3.07. The van der Waals surface area contributed by atoms with Crippen LogP contribution in [-0.4, -0.2) is 53.9 Å². The van der Waals surface area contributed by atoms with E-state index in [1.165, 1.54) is 11.1 Å². The minimum absolute atomic E-state index is 0.191. The van der Waals surface area contributed by atoms with E-state index in [1.807, 2.05) is 17.9 Å². The molecule has 0 aliphatic rings. The summed E-state index contributed by atoms with van der Waals surface area (Å²) >= 11 is 0. The molecule has 3 unspecified atom stereocenters. The Morgan fingerprint density at radius 2 is 1.89 bits per heavy atom. The molecule has 148 valence electrons. The van der Waals surface area contributed by atoms with Crippen LogP contribution in [0.2, 0.25) is 0 Å². The van der Waals surface area contributed by atoms with Gasteiger partial charge < -0.3 is 15.5 Å². The number of nitrogens with one attached hydrogen (secondary N) is 2. The maximum absolute atomic E-state index is 4.85. The van der Waals surface area contributed by atoms with Crippen molar-refractivity contribution in [2.75, 3.05) is 27.2 Å². The topological polar surface area (TPSA) is 57.5 Å². The predicted octanol–water partition coefficient (Wildman–Crippen LogP) is 2.77. The first kappa shape index (κ1) is 21.0. The van der Waals surface area contributed by atoms with Gasteiger partial charge in [-0.25, -0.2) is 0 Å². The Bertz CT molecular complexity index is 706. The molecule has 1 heterocycles. The third-order valence-electron chi connectivity index (χ3n) is 4.94. The monoisotopic (exact) mass is 370 g/mol. The lowest BCUT2D eigenvalue weighted by molar-refractivity contribution is 0.306. The molecule has 1 aromatic heterocycles. The van der Waals surface area contributed by atoms with E-state index in [-0.39, 0.29) is 12.1 Å². The van der Waals surface area contributed by atoms with E-state index in [2.05, 4.69) is 92.0 Å². The first-order chi connectivity index (χ1) is 12.9. The smallest absolute Gasteiger partial charge is 0.191 e. The summed E-state index contributed by atoms with van der Waals surface area (Å²) in [6.07, 6.45) is 3.97. The molecule has 3 atom stereocenters. The van der Waals surface area contributed by atoms with Crippen LogP contribution in [0.5, 0.6) is 0 Å². The van der Waals surface area contributed by atoms with Gasteiger partial charge >= 0.3 is 0 Å². The van der Waals surface area contributed by atoms with E-state index in [1.54, 1.807) is 0 Å². The summed E-state index contributed by atoms with van der Waals surface area (Å²) < 4.78 is 1.84. The third-order valence-corrected chi connectivity index (χ3v) is 4.94. The summed E-state index contributed by atoms with van der Waals surface area (Å²) in [4.78, 5) is 7.03. The molecule has 2 aromatic rings. The van der Waals surface area contributed by atoms with Crippen LogP contribution in [0.4, 0.5) is 0 Å². The van der Waals surface area contributed by atoms with Crippen LogP contribution in [0.25, 0.3) is 0 Å². The summed E-state index contributed by atoms with van der Waals surface area (Å²) in [6.45, 7) is 8.04. The summed E-state index contributed by atoms with van der Waals surface area (Å²) in [6, 6.07) is 11.0. The fourth-order valence-electron chi connectivity index (χ4n) is 3.06. The Kier molecular flexibility index (Phi) is 7.85. The second-order valence-corrected chi connectivity index (χ2v) is 7.28. The number of nitrogens with zero attached hydrogens (tertiary/aromatic N) is 4. The van der Waals surface area contributed by atoms with Gasteiger partial charge in [-0.3, -0.25) is 9.67 Å². The number of aliphatic imine (C=N–C) groups is 1. The van der Waals surface area contributed by atoms with Gasteiger partial charge in [-0.1, -0.05) is 37.3 Å². The number of likely N-dealkylation sites (N-methyl/N-ethyl adjacent to an activating group) is 1. The molecule has 0 aliphatic carbocycles. The van der Waals surface area contributed by atoms with Crippen LogP contribution in [0.3, 0.4) is 0 Å². The molecule has 0 bridgehead atoms. The zero-order chi connectivity index (χ0) is 19.8. The van der Waals surface area contributed by atoms with Crippen LogP contribution in [0.1, 0.15) is 43.9 Å². The number of rotatable bonds is 8. The number of benzene rings is 1. The fourth-order valence-corrected chi connectivity index (χ4v) is 3.06. The quantitative estimate of drug-likeness (QED) is 0.554. The molecule has 0 fully saturated rings. The van der Waals surface area contributed by atoms with Crippen molar-refractivity contribution in [2.24, 2.45) is 12.0 Å². The number of hydrogen-bond acceptors (Lipinski definition) is 3. The Hall–Kier alpha value is -2.34. The zero-order valence-electron chi connectivity index (χ0n) is 17.5. The van der Waals surface area contributed by atoms with Crippen LogP contribution in [0, 0.1) is 0 Å². The van der Waals surface area contributed by atoms with E-state index < -0.39 is 0 Å². The van der Waals surface area contributed by atoms with E-state index >= 15 is 0 Å². The van der Waals surface area contributed by atoms with Gasteiger partial charge in [0.25, 0.3) is 0 Å². The molecule has 0 radical (unpaired) electrons. The van der Waals surface area contributed by atoms with Crippen molar-refractivity contribution in [2.45, 2.75) is 38.8 Å².